The number of benzene rings is 1. The second kappa shape index (κ2) is 11.6. The predicted octanol–water partition coefficient (Wildman–Crippen LogP) is 3.12. The smallest absolute Gasteiger partial charge is 0.311 e. The van der Waals surface area contributed by atoms with Crippen molar-refractivity contribution in [2.45, 2.75) is 37.6 Å². The molecule has 33 heavy (non-hydrogen) atoms. The van der Waals surface area contributed by atoms with Crippen LogP contribution < -0.4 is 15.6 Å². The number of hydrogen-bond acceptors (Lipinski definition) is 9. The van der Waals surface area contributed by atoms with Crippen LogP contribution in [0.15, 0.2) is 39.6 Å². The number of hydrogen-bond donors (Lipinski definition) is 2. The van der Waals surface area contributed by atoms with E-state index >= 15 is 0 Å². The first-order valence-corrected chi connectivity index (χ1v) is 12.0. The normalized spacial score (nSPS) is 10.6. The summed E-state index contributed by atoms with van der Waals surface area (Å²) < 4.78 is 10.1. The van der Waals surface area contributed by atoms with Gasteiger partial charge in [0.2, 0.25) is 5.91 Å². The molecule has 0 aliphatic rings. The number of aromatic amines is 1. The molecule has 1 aromatic carbocycles. The van der Waals surface area contributed by atoms with E-state index in [4.69, 9.17) is 9.47 Å². The van der Waals surface area contributed by atoms with Gasteiger partial charge in [0.1, 0.15) is 5.75 Å². The highest BCUT2D eigenvalue weighted by Gasteiger charge is 2.15. The lowest BCUT2D eigenvalue weighted by molar-refractivity contribution is -0.142. The number of carbonyl (C=O) groups excluding carboxylic acids is 2. The number of anilines is 1. The molecular weight excluding hydrogens is 464 g/mol. The molecule has 0 saturated heterocycles. The Morgan fingerprint density at radius 2 is 2.06 bits per heavy atom. The van der Waals surface area contributed by atoms with Crippen molar-refractivity contribution in [3.05, 3.63) is 62.5 Å². The number of thiazole rings is 1. The minimum atomic E-state index is -0.390. The van der Waals surface area contributed by atoms with Crippen molar-refractivity contribution in [3.8, 4) is 5.75 Å². The van der Waals surface area contributed by atoms with E-state index in [9.17, 15) is 14.4 Å². The number of nitrogens with zero attached hydrogens (tertiary/aromatic N) is 2. The molecule has 0 fully saturated rings. The molecule has 3 aromatic rings. The van der Waals surface area contributed by atoms with Crippen molar-refractivity contribution in [2.75, 3.05) is 19.0 Å². The number of thioether (sulfide) groups is 1. The van der Waals surface area contributed by atoms with Crippen molar-refractivity contribution < 1.29 is 19.1 Å². The molecule has 0 radical (unpaired) electrons. The highest BCUT2D eigenvalue weighted by Crippen LogP contribution is 2.22. The lowest BCUT2D eigenvalue weighted by Crippen LogP contribution is -2.23. The van der Waals surface area contributed by atoms with Crippen LogP contribution in [0.4, 0.5) is 5.13 Å². The third-order valence-electron chi connectivity index (χ3n) is 4.48. The minimum absolute atomic E-state index is 0.0395. The van der Waals surface area contributed by atoms with E-state index in [-0.39, 0.29) is 30.3 Å². The molecule has 2 heterocycles. The summed E-state index contributed by atoms with van der Waals surface area (Å²) in [4.78, 5) is 48.0. The fourth-order valence-electron chi connectivity index (χ4n) is 2.90. The van der Waals surface area contributed by atoms with E-state index < -0.39 is 0 Å². The van der Waals surface area contributed by atoms with Gasteiger partial charge in [-0.2, -0.15) is 0 Å². The zero-order valence-electron chi connectivity index (χ0n) is 18.5. The number of carbonyl (C=O) groups is 2. The Labute approximate surface area is 199 Å². The van der Waals surface area contributed by atoms with E-state index in [2.05, 4.69) is 20.3 Å². The number of aromatic nitrogens is 3. The van der Waals surface area contributed by atoms with Gasteiger partial charge in [-0.15, -0.1) is 11.3 Å². The molecular formula is C22H24N4O5S2. The van der Waals surface area contributed by atoms with Crippen LogP contribution in [0.3, 0.4) is 0 Å². The second-order valence-electron chi connectivity index (χ2n) is 6.93. The Balaban J connectivity index is 1.59. The number of rotatable bonds is 10. The predicted molar refractivity (Wildman–Crippen MR) is 127 cm³/mol. The first-order valence-electron chi connectivity index (χ1n) is 10.1. The van der Waals surface area contributed by atoms with Crippen molar-refractivity contribution in [2.24, 2.45) is 0 Å². The zero-order valence-corrected chi connectivity index (χ0v) is 20.1. The summed E-state index contributed by atoms with van der Waals surface area (Å²) in [6.45, 7) is 3.73. The quantitative estimate of drug-likeness (QED) is 0.253. The Morgan fingerprint density at radius 1 is 1.24 bits per heavy atom. The minimum Gasteiger partial charge on any atom is -0.497 e. The van der Waals surface area contributed by atoms with Crippen molar-refractivity contribution in [1.29, 1.82) is 0 Å². The Hall–Kier alpha value is -3.18. The van der Waals surface area contributed by atoms with Gasteiger partial charge in [-0.25, -0.2) is 9.97 Å². The molecule has 0 bridgehead atoms. The Morgan fingerprint density at radius 3 is 2.79 bits per heavy atom. The Bertz CT molecular complexity index is 1190. The molecule has 0 saturated carbocycles. The molecule has 174 valence electrons. The maximum absolute atomic E-state index is 12.6. The lowest BCUT2D eigenvalue weighted by atomic mass is 10.1. The van der Waals surface area contributed by atoms with Crippen molar-refractivity contribution in [1.82, 2.24) is 15.0 Å². The molecule has 2 N–H and O–H groups in total. The van der Waals surface area contributed by atoms with E-state index in [0.717, 1.165) is 11.3 Å². The maximum atomic E-state index is 12.6. The topological polar surface area (TPSA) is 123 Å². The molecule has 0 aliphatic carbocycles. The summed E-state index contributed by atoms with van der Waals surface area (Å²) >= 11 is 2.60. The largest absolute Gasteiger partial charge is 0.497 e. The molecule has 9 nitrogen and oxygen atoms in total. The lowest BCUT2D eigenvalue weighted by Gasteiger charge is -2.08. The molecule has 1 amide bonds. The number of nitrogens with one attached hydrogen (secondary N) is 2. The third kappa shape index (κ3) is 7.16. The van der Waals surface area contributed by atoms with Gasteiger partial charge in [-0.05, 0) is 31.5 Å². The van der Waals surface area contributed by atoms with E-state index in [1.54, 1.807) is 26.3 Å². The number of ether oxygens (including phenoxy) is 2. The Kier molecular flexibility index (Phi) is 8.61. The van der Waals surface area contributed by atoms with Gasteiger partial charge < -0.3 is 19.8 Å². The average Bonchev–Trinajstić information content (AvgIpc) is 3.21. The number of amides is 1. The second-order valence-corrected chi connectivity index (χ2v) is 8.75. The van der Waals surface area contributed by atoms with Gasteiger partial charge in [0.15, 0.2) is 10.3 Å². The monoisotopic (exact) mass is 488 g/mol. The van der Waals surface area contributed by atoms with Crippen LogP contribution in [0, 0.1) is 6.92 Å². The van der Waals surface area contributed by atoms with Gasteiger partial charge in [-0.1, -0.05) is 23.9 Å². The van der Waals surface area contributed by atoms with Crippen molar-refractivity contribution in [3.63, 3.8) is 0 Å². The summed E-state index contributed by atoms with van der Waals surface area (Å²) in [7, 11) is 1.61. The first kappa shape index (κ1) is 24.5. The maximum Gasteiger partial charge on any atom is 0.311 e. The van der Waals surface area contributed by atoms with Crippen LogP contribution in [-0.4, -0.2) is 40.5 Å². The summed E-state index contributed by atoms with van der Waals surface area (Å²) in [5.41, 5.74) is 1.98. The van der Waals surface area contributed by atoms with Crippen LogP contribution in [0.1, 0.15) is 29.4 Å². The third-order valence-corrected chi connectivity index (χ3v) is 6.23. The van der Waals surface area contributed by atoms with Crippen LogP contribution in [-0.2, 0) is 32.9 Å². The number of aryl methyl sites for hydroxylation is 1. The molecule has 0 aliphatic heterocycles. The summed E-state index contributed by atoms with van der Waals surface area (Å²) in [5.74, 6) is 0.607. The van der Waals surface area contributed by atoms with Crippen molar-refractivity contribution >= 4 is 40.1 Å². The zero-order chi connectivity index (χ0) is 23.8. The summed E-state index contributed by atoms with van der Waals surface area (Å²) in [6, 6.07) is 7.66. The molecule has 0 spiro atoms. The average molecular weight is 489 g/mol. The standard InChI is InChI=1S/C22H24N4O5S2/c1-4-31-19(28)9-15-12-33-22(24-15)25-18(27)10-17-13(2)23-21(26-20(17)29)32-11-14-6-5-7-16(8-14)30-3/h5-8,12H,4,9-11H2,1-3H3,(H,23,26,29)(H,24,25,27). The number of esters is 1. The molecule has 0 unspecified atom stereocenters. The summed E-state index contributed by atoms with van der Waals surface area (Å²) in [6.07, 6.45) is -0.0976. The number of methoxy groups -OCH3 is 1. The highest BCUT2D eigenvalue weighted by atomic mass is 32.2. The van der Waals surface area contributed by atoms with E-state index in [1.165, 1.54) is 23.1 Å². The van der Waals surface area contributed by atoms with Gasteiger partial charge in [-0.3, -0.25) is 14.4 Å². The van der Waals surface area contributed by atoms with Gasteiger partial charge in [0, 0.05) is 22.4 Å². The fraction of sp³-hybridized carbons (Fsp3) is 0.318. The molecule has 2 aromatic heterocycles. The van der Waals surface area contributed by atoms with Gasteiger partial charge in [0.25, 0.3) is 5.56 Å². The van der Waals surface area contributed by atoms with E-state index in [1.807, 2.05) is 24.3 Å². The summed E-state index contributed by atoms with van der Waals surface area (Å²) in [5, 5.41) is 5.18. The number of H-pyrrole nitrogens is 1. The van der Waals surface area contributed by atoms with Crippen LogP contribution >= 0.6 is 23.1 Å². The van der Waals surface area contributed by atoms with Crippen LogP contribution in [0.5, 0.6) is 5.75 Å². The van der Waals surface area contributed by atoms with Crippen LogP contribution in [0.2, 0.25) is 0 Å². The van der Waals surface area contributed by atoms with E-state index in [0.29, 0.717) is 39.6 Å². The molecule has 11 heteroatoms. The molecule has 0 atom stereocenters. The SMILES string of the molecule is CCOC(=O)Cc1csc(NC(=O)Cc2c(C)nc(SCc3cccc(OC)c3)[nH]c2=O)n1. The highest BCUT2D eigenvalue weighted by molar-refractivity contribution is 7.98. The molecule has 3 rings (SSSR count). The first-order chi connectivity index (χ1) is 15.9. The van der Waals surface area contributed by atoms with Gasteiger partial charge >= 0.3 is 5.97 Å². The van der Waals surface area contributed by atoms with Gasteiger partial charge in [0.05, 0.1) is 32.3 Å². The van der Waals surface area contributed by atoms with Crippen LogP contribution in [0.25, 0.3) is 0 Å². The fourth-order valence-corrected chi connectivity index (χ4v) is 4.48.